The average Bonchev–Trinajstić information content (AvgIpc) is 3.06. The summed E-state index contributed by atoms with van der Waals surface area (Å²) in [7, 11) is 0. The topological polar surface area (TPSA) is 58.2 Å². The molecule has 0 aliphatic heterocycles. The Labute approximate surface area is 248 Å². The number of nitrogens with one attached hydrogen (secondary N) is 2. The Bertz CT molecular complexity index is 1360. The Balaban J connectivity index is 1.17. The Kier molecular flexibility index (Phi) is 9.93. The molecule has 5 aromatic carbocycles. The average molecular weight is 553 g/mol. The van der Waals surface area contributed by atoms with E-state index >= 15 is 0 Å². The zero-order valence-electron chi connectivity index (χ0n) is 23.7. The molecule has 0 unspecified atom stereocenters. The minimum Gasteiger partial charge on any atom is -0.352 e. The highest BCUT2D eigenvalue weighted by atomic mass is 16.2. The summed E-state index contributed by atoms with van der Waals surface area (Å²) >= 11 is 0. The Morgan fingerprint density at radius 2 is 0.738 bits per heavy atom. The predicted octanol–water partition coefficient (Wildman–Crippen LogP) is 7.59. The van der Waals surface area contributed by atoms with Gasteiger partial charge in [-0.25, -0.2) is 0 Å². The van der Waals surface area contributed by atoms with Crippen molar-refractivity contribution in [3.05, 3.63) is 179 Å². The molecule has 5 aromatic rings. The molecule has 0 saturated carbocycles. The maximum Gasteiger partial charge on any atom is 0.251 e. The second-order valence-electron chi connectivity index (χ2n) is 10.4. The molecule has 210 valence electrons. The maximum atomic E-state index is 13.0. The van der Waals surface area contributed by atoms with Crippen molar-refractivity contribution in [3.8, 4) is 0 Å². The first-order valence-corrected chi connectivity index (χ1v) is 14.6. The van der Waals surface area contributed by atoms with Gasteiger partial charge in [-0.1, -0.05) is 127 Å². The van der Waals surface area contributed by atoms with E-state index < -0.39 is 0 Å². The summed E-state index contributed by atoms with van der Waals surface area (Å²) < 4.78 is 0. The van der Waals surface area contributed by atoms with Gasteiger partial charge in [0, 0.05) is 36.1 Å². The Hall–Kier alpha value is -4.96. The van der Waals surface area contributed by atoms with Gasteiger partial charge in [0.25, 0.3) is 11.8 Å². The third-order valence-electron chi connectivity index (χ3n) is 7.63. The summed E-state index contributed by atoms with van der Waals surface area (Å²) in [6.45, 7) is 1.04. The van der Waals surface area contributed by atoms with E-state index in [1.54, 1.807) is 24.3 Å². The third kappa shape index (κ3) is 7.61. The van der Waals surface area contributed by atoms with E-state index in [-0.39, 0.29) is 23.7 Å². The van der Waals surface area contributed by atoms with Gasteiger partial charge in [-0.05, 0) is 53.3 Å². The van der Waals surface area contributed by atoms with Crippen LogP contribution in [0.15, 0.2) is 146 Å². The molecule has 0 aromatic heterocycles. The van der Waals surface area contributed by atoms with Crippen molar-refractivity contribution in [3.63, 3.8) is 0 Å². The highest BCUT2D eigenvalue weighted by Gasteiger charge is 2.17. The van der Waals surface area contributed by atoms with Crippen LogP contribution in [-0.2, 0) is 0 Å². The summed E-state index contributed by atoms with van der Waals surface area (Å²) in [6.07, 6.45) is 1.54. The molecular formula is C38H36N2O2. The van der Waals surface area contributed by atoms with Gasteiger partial charge in [-0.3, -0.25) is 9.59 Å². The second kappa shape index (κ2) is 14.6. The van der Waals surface area contributed by atoms with E-state index in [1.807, 2.05) is 72.8 Å². The van der Waals surface area contributed by atoms with Crippen molar-refractivity contribution in [2.24, 2.45) is 0 Å². The molecule has 0 atom stereocenters. The van der Waals surface area contributed by atoms with Gasteiger partial charge in [0.1, 0.15) is 0 Å². The molecule has 0 aliphatic rings. The van der Waals surface area contributed by atoms with Crippen LogP contribution >= 0.6 is 0 Å². The van der Waals surface area contributed by atoms with E-state index in [2.05, 4.69) is 59.2 Å². The summed E-state index contributed by atoms with van der Waals surface area (Å²) in [5.41, 5.74) is 5.84. The van der Waals surface area contributed by atoms with Crippen molar-refractivity contribution in [1.82, 2.24) is 10.6 Å². The summed E-state index contributed by atoms with van der Waals surface area (Å²) in [6, 6.07) is 48.4. The van der Waals surface area contributed by atoms with Crippen molar-refractivity contribution < 1.29 is 9.59 Å². The number of carbonyl (C=O) groups is 2. The molecule has 0 saturated heterocycles. The van der Waals surface area contributed by atoms with Gasteiger partial charge in [-0.2, -0.15) is 0 Å². The van der Waals surface area contributed by atoms with Crippen molar-refractivity contribution in [1.29, 1.82) is 0 Å². The Morgan fingerprint density at radius 1 is 0.429 bits per heavy atom. The van der Waals surface area contributed by atoms with Gasteiger partial charge >= 0.3 is 0 Å². The van der Waals surface area contributed by atoms with Gasteiger partial charge in [0.15, 0.2) is 0 Å². The maximum absolute atomic E-state index is 13.0. The van der Waals surface area contributed by atoms with Crippen LogP contribution in [0.5, 0.6) is 0 Å². The van der Waals surface area contributed by atoms with Gasteiger partial charge < -0.3 is 10.6 Å². The van der Waals surface area contributed by atoms with Gasteiger partial charge in [-0.15, -0.1) is 0 Å². The molecule has 0 aliphatic carbocycles. The fourth-order valence-corrected chi connectivity index (χ4v) is 5.46. The molecule has 0 radical (unpaired) electrons. The normalized spacial score (nSPS) is 10.9. The van der Waals surface area contributed by atoms with E-state index in [0.29, 0.717) is 24.2 Å². The van der Waals surface area contributed by atoms with Crippen LogP contribution in [0, 0.1) is 0 Å². The number of benzene rings is 5. The lowest BCUT2D eigenvalue weighted by molar-refractivity contribution is 0.0952. The van der Waals surface area contributed by atoms with E-state index in [0.717, 1.165) is 12.8 Å². The quantitative estimate of drug-likeness (QED) is 0.168. The lowest BCUT2D eigenvalue weighted by Crippen LogP contribution is -2.28. The van der Waals surface area contributed by atoms with Gasteiger partial charge in [0.05, 0.1) is 0 Å². The number of hydrogen-bond acceptors (Lipinski definition) is 2. The largest absolute Gasteiger partial charge is 0.352 e. The molecule has 5 rings (SSSR count). The molecule has 0 heterocycles. The number of carbonyl (C=O) groups excluding carboxylic acids is 2. The molecule has 4 heteroatoms. The van der Waals surface area contributed by atoms with Crippen LogP contribution in [0.3, 0.4) is 0 Å². The molecular weight excluding hydrogens is 516 g/mol. The van der Waals surface area contributed by atoms with E-state index in [9.17, 15) is 9.59 Å². The standard InChI is InChI=1S/C38H36N2O2/c41-37(39-26-24-35(29-14-5-1-6-15-29)30-16-7-2-8-17-30)33-22-13-23-34(28-33)38(42)40-27-25-36(31-18-9-3-10-19-31)32-20-11-4-12-21-32/h1-23,28,35-36H,24-27H2,(H,39,41)(H,40,42). The summed E-state index contributed by atoms with van der Waals surface area (Å²) in [5.74, 6) is -0.00342. The smallest absolute Gasteiger partial charge is 0.251 e. The van der Waals surface area contributed by atoms with E-state index in [4.69, 9.17) is 0 Å². The fraction of sp³-hybridized carbons (Fsp3) is 0.158. The lowest BCUT2D eigenvalue weighted by atomic mass is 9.88. The third-order valence-corrected chi connectivity index (χ3v) is 7.63. The monoisotopic (exact) mass is 552 g/mol. The Morgan fingerprint density at radius 3 is 1.05 bits per heavy atom. The molecule has 0 fully saturated rings. The second-order valence-corrected chi connectivity index (χ2v) is 10.4. The van der Waals surface area contributed by atoms with Crippen LogP contribution in [-0.4, -0.2) is 24.9 Å². The number of amides is 2. The minimum absolute atomic E-state index is 0.181. The highest BCUT2D eigenvalue weighted by molar-refractivity contribution is 5.99. The van der Waals surface area contributed by atoms with E-state index in [1.165, 1.54) is 22.3 Å². The molecule has 2 amide bonds. The first-order valence-electron chi connectivity index (χ1n) is 14.6. The molecule has 42 heavy (non-hydrogen) atoms. The van der Waals surface area contributed by atoms with Crippen LogP contribution in [0.25, 0.3) is 0 Å². The summed E-state index contributed by atoms with van der Waals surface area (Å²) in [4.78, 5) is 26.1. The molecule has 0 bridgehead atoms. The van der Waals surface area contributed by atoms with Crippen LogP contribution in [0.2, 0.25) is 0 Å². The first kappa shape index (κ1) is 28.6. The minimum atomic E-state index is -0.183. The highest BCUT2D eigenvalue weighted by Crippen LogP contribution is 2.28. The SMILES string of the molecule is O=C(NCCC(c1ccccc1)c1ccccc1)c1cccc(C(=O)NCCC(c2ccccc2)c2ccccc2)c1. The fourth-order valence-electron chi connectivity index (χ4n) is 5.46. The van der Waals surface area contributed by atoms with Crippen LogP contribution in [0.1, 0.15) is 67.6 Å². The number of rotatable bonds is 12. The summed E-state index contributed by atoms with van der Waals surface area (Å²) in [5, 5.41) is 6.12. The van der Waals surface area contributed by atoms with Crippen LogP contribution in [0.4, 0.5) is 0 Å². The zero-order chi connectivity index (χ0) is 29.0. The van der Waals surface area contributed by atoms with Gasteiger partial charge in [0.2, 0.25) is 0 Å². The van der Waals surface area contributed by atoms with Crippen molar-refractivity contribution in [2.75, 3.05) is 13.1 Å². The van der Waals surface area contributed by atoms with Crippen molar-refractivity contribution >= 4 is 11.8 Å². The first-order chi connectivity index (χ1) is 20.7. The lowest BCUT2D eigenvalue weighted by Gasteiger charge is -2.19. The zero-order valence-corrected chi connectivity index (χ0v) is 23.7. The molecule has 4 nitrogen and oxygen atoms in total. The molecule has 2 N–H and O–H groups in total. The van der Waals surface area contributed by atoms with Crippen molar-refractivity contribution in [2.45, 2.75) is 24.7 Å². The van der Waals surface area contributed by atoms with Crippen LogP contribution < -0.4 is 10.6 Å². The number of hydrogen-bond donors (Lipinski definition) is 2. The predicted molar refractivity (Wildman–Crippen MR) is 170 cm³/mol. The molecule has 0 spiro atoms.